The van der Waals surface area contributed by atoms with Crippen molar-refractivity contribution in [1.29, 1.82) is 0 Å². The smallest absolute Gasteiger partial charge is 0.322 e. The summed E-state index contributed by atoms with van der Waals surface area (Å²) >= 11 is 0. The first-order chi connectivity index (χ1) is 8.18. The molecular weight excluding hydrogens is 222 g/mol. The molecule has 1 aromatic heterocycles. The van der Waals surface area contributed by atoms with Gasteiger partial charge in [-0.3, -0.25) is 14.3 Å². The van der Waals surface area contributed by atoms with Crippen LogP contribution in [0.25, 0.3) is 0 Å². The number of amides is 1. The number of nitrogens with one attached hydrogen (secondary N) is 1. The van der Waals surface area contributed by atoms with Gasteiger partial charge in [0.2, 0.25) is 0 Å². The van der Waals surface area contributed by atoms with Crippen LogP contribution in [0.1, 0.15) is 42.2 Å². The first-order valence-corrected chi connectivity index (χ1v) is 5.72. The Kier molecular flexibility index (Phi) is 3.41. The molecule has 0 saturated heterocycles. The van der Waals surface area contributed by atoms with Crippen LogP contribution in [0, 0.1) is 0 Å². The zero-order valence-electron chi connectivity index (χ0n) is 9.43. The van der Waals surface area contributed by atoms with Gasteiger partial charge >= 0.3 is 5.97 Å². The lowest BCUT2D eigenvalue weighted by atomic mass is 10.2. The maximum atomic E-state index is 11.8. The van der Waals surface area contributed by atoms with E-state index in [1.165, 1.54) is 0 Å². The van der Waals surface area contributed by atoms with Crippen molar-refractivity contribution in [1.82, 2.24) is 15.1 Å². The van der Waals surface area contributed by atoms with Crippen molar-refractivity contribution in [3.05, 3.63) is 18.0 Å². The van der Waals surface area contributed by atoms with Crippen molar-refractivity contribution in [2.45, 2.75) is 31.7 Å². The molecule has 17 heavy (non-hydrogen) atoms. The number of carbonyl (C=O) groups excluding carboxylic acids is 1. The highest BCUT2D eigenvalue weighted by atomic mass is 16.4. The molecule has 6 heteroatoms. The minimum absolute atomic E-state index is 0.274. The fourth-order valence-electron chi connectivity index (χ4n) is 2.18. The molecule has 92 valence electrons. The van der Waals surface area contributed by atoms with Crippen molar-refractivity contribution in [2.24, 2.45) is 0 Å². The fourth-order valence-corrected chi connectivity index (χ4v) is 2.18. The zero-order chi connectivity index (χ0) is 12.3. The average Bonchev–Trinajstić information content (AvgIpc) is 2.94. The van der Waals surface area contributed by atoms with Crippen molar-refractivity contribution >= 4 is 11.9 Å². The minimum atomic E-state index is -1.05. The Morgan fingerprint density at radius 2 is 2.18 bits per heavy atom. The molecule has 1 saturated carbocycles. The lowest BCUT2D eigenvalue weighted by molar-refractivity contribution is -0.135. The van der Waals surface area contributed by atoms with Crippen LogP contribution >= 0.6 is 0 Å². The van der Waals surface area contributed by atoms with Gasteiger partial charge in [-0.1, -0.05) is 12.8 Å². The van der Waals surface area contributed by atoms with Crippen LogP contribution in [0.2, 0.25) is 0 Å². The van der Waals surface area contributed by atoms with Crippen molar-refractivity contribution in [2.75, 3.05) is 6.54 Å². The van der Waals surface area contributed by atoms with Crippen LogP contribution in [0.5, 0.6) is 0 Å². The molecule has 0 unspecified atom stereocenters. The summed E-state index contributed by atoms with van der Waals surface area (Å²) in [6, 6.07) is 1.89. The van der Waals surface area contributed by atoms with Crippen LogP contribution < -0.4 is 5.32 Å². The molecule has 0 aliphatic heterocycles. The summed E-state index contributed by atoms with van der Waals surface area (Å²) in [6.07, 6.45) is 5.94. The lowest BCUT2D eigenvalue weighted by Gasteiger charge is -2.13. The van der Waals surface area contributed by atoms with Crippen molar-refractivity contribution in [3.8, 4) is 0 Å². The standard InChI is InChI=1S/C11H15N3O3/c15-10(16)7-12-11(17)9-5-6-13-14(9)8-3-1-2-4-8/h5-6,8H,1-4,7H2,(H,12,17)(H,15,16). The molecule has 2 rings (SSSR count). The molecule has 1 aromatic rings. The van der Waals surface area contributed by atoms with Gasteiger partial charge in [-0.25, -0.2) is 0 Å². The summed E-state index contributed by atoms with van der Waals surface area (Å²) in [5.74, 6) is -1.43. The van der Waals surface area contributed by atoms with E-state index < -0.39 is 5.97 Å². The number of aliphatic carboxylic acids is 1. The predicted octanol–water partition coefficient (Wildman–Crippen LogP) is 0.813. The van der Waals surface area contributed by atoms with E-state index in [1.54, 1.807) is 16.9 Å². The van der Waals surface area contributed by atoms with Gasteiger partial charge in [0.25, 0.3) is 5.91 Å². The van der Waals surface area contributed by atoms with E-state index in [0.717, 1.165) is 25.7 Å². The number of aromatic nitrogens is 2. The Hall–Kier alpha value is -1.85. The van der Waals surface area contributed by atoms with E-state index in [2.05, 4.69) is 10.4 Å². The molecule has 0 atom stereocenters. The van der Waals surface area contributed by atoms with Gasteiger partial charge in [-0.05, 0) is 18.9 Å². The van der Waals surface area contributed by atoms with Gasteiger partial charge in [0.1, 0.15) is 12.2 Å². The van der Waals surface area contributed by atoms with Gasteiger partial charge < -0.3 is 10.4 Å². The third-order valence-electron chi connectivity index (χ3n) is 2.97. The lowest BCUT2D eigenvalue weighted by Crippen LogP contribution is -2.31. The number of rotatable bonds is 4. The first kappa shape index (κ1) is 11.6. The second-order valence-electron chi connectivity index (χ2n) is 4.18. The van der Waals surface area contributed by atoms with Crippen molar-refractivity contribution in [3.63, 3.8) is 0 Å². The fraction of sp³-hybridized carbons (Fsp3) is 0.545. The monoisotopic (exact) mass is 237 g/mol. The molecule has 0 aromatic carbocycles. The summed E-state index contributed by atoms with van der Waals surface area (Å²) in [5.41, 5.74) is 0.443. The number of hydrogen-bond acceptors (Lipinski definition) is 3. The Morgan fingerprint density at radius 3 is 2.82 bits per heavy atom. The number of hydrogen-bond donors (Lipinski definition) is 2. The van der Waals surface area contributed by atoms with E-state index in [-0.39, 0.29) is 18.5 Å². The van der Waals surface area contributed by atoms with E-state index in [9.17, 15) is 9.59 Å². The molecule has 0 radical (unpaired) electrons. The molecule has 1 aliphatic carbocycles. The van der Waals surface area contributed by atoms with Gasteiger partial charge in [-0.15, -0.1) is 0 Å². The largest absolute Gasteiger partial charge is 0.480 e. The highest BCUT2D eigenvalue weighted by Crippen LogP contribution is 2.29. The van der Waals surface area contributed by atoms with Gasteiger partial charge in [-0.2, -0.15) is 5.10 Å². The Bertz CT molecular complexity index is 421. The minimum Gasteiger partial charge on any atom is -0.480 e. The van der Waals surface area contributed by atoms with Gasteiger partial charge in [0, 0.05) is 6.20 Å². The van der Waals surface area contributed by atoms with Crippen LogP contribution in [-0.2, 0) is 4.79 Å². The summed E-state index contributed by atoms with van der Waals surface area (Å²) in [4.78, 5) is 22.1. The highest BCUT2D eigenvalue weighted by molar-refractivity contribution is 5.94. The van der Waals surface area contributed by atoms with E-state index >= 15 is 0 Å². The molecule has 6 nitrogen and oxygen atoms in total. The number of nitrogens with zero attached hydrogens (tertiary/aromatic N) is 2. The topological polar surface area (TPSA) is 84.2 Å². The average molecular weight is 237 g/mol. The van der Waals surface area contributed by atoms with Crippen LogP contribution in [0.4, 0.5) is 0 Å². The highest BCUT2D eigenvalue weighted by Gasteiger charge is 2.22. The summed E-state index contributed by atoms with van der Waals surface area (Å²) in [6.45, 7) is -0.366. The van der Waals surface area contributed by atoms with E-state index in [4.69, 9.17) is 5.11 Å². The molecule has 1 heterocycles. The number of carboxylic acid groups (broad SMARTS) is 1. The summed E-state index contributed by atoms with van der Waals surface area (Å²) in [5, 5.41) is 15.0. The van der Waals surface area contributed by atoms with E-state index in [1.807, 2.05) is 0 Å². The third-order valence-corrected chi connectivity index (χ3v) is 2.97. The maximum absolute atomic E-state index is 11.8. The molecule has 0 spiro atoms. The van der Waals surface area contributed by atoms with Crippen LogP contribution in [0.15, 0.2) is 12.3 Å². The molecule has 0 bridgehead atoms. The Balaban J connectivity index is 2.07. The van der Waals surface area contributed by atoms with Gasteiger partial charge in [0.15, 0.2) is 0 Å². The molecule has 1 fully saturated rings. The SMILES string of the molecule is O=C(O)CNC(=O)c1ccnn1C1CCCC1. The second kappa shape index (κ2) is 4.99. The second-order valence-corrected chi connectivity index (χ2v) is 4.18. The maximum Gasteiger partial charge on any atom is 0.322 e. The normalized spacial score (nSPS) is 16.0. The molecule has 1 aliphatic rings. The van der Waals surface area contributed by atoms with Crippen molar-refractivity contribution < 1.29 is 14.7 Å². The predicted molar refractivity (Wildman–Crippen MR) is 59.7 cm³/mol. The number of carboxylic acids is 1. The Morgan fingerprint density at radius 1 is 1.47 bits per heavy atom. The molecule has 2 N–H and O–H groups in total. The summed E-state index contributed by atoms with van der Waals surface area (Å²) in [7, 11) is 0. The first-order valence-electron chi connectivity index (χ1n) is 5.72. The van der Waals surface area contributed by atoms with Crippen LogP contribution in [-0.4, -0.2) is 33.3 Å². The Labute approximate surface area is 98.6 Å². The molecular formula is C11H15N3O3. The zero-order valence-corrected chi connectivity index (χ0v) is 9.43. The number of carbonyl (C=O) groups is 2. The van der Waals surface area contributed by atoms with Crippen LogP contribution in [0.3, 0.4) is 0 Å². The molecule has 1 amide bonds. The quantitative estimate of drug-likeness (QED) is 0.811. The van der Waals surface area contributed by atoms with Gasteiger partial charge in [0.05, 0.1) is 6.04 Å². The third kappa shape index (κ3) is 2.64. The summed E-state index contributed by atoms with van der Waals surface area (Å²) < 4.78 is 1.71. The van der Waals surface area contributed by atoms with E-state index in [0.29, 0.717) is 5.69 Å².